The highest BCUT2D eigenvalue weighted by Crippen LogP contribution is 2.35. The third-order valence-electron chi connectivity index (χ3n) is 9.77. The molecular weight excluding hydrogens is 428 g/mol. The Bertz CT molecular complexity index is 678. The Morgan fingerprint density at radius 2 is 1.68 bits per heavy atom. The molecule has 1 amide bonds. The summed E-state index contributed by atoms with van der Waals surface area (Å²) in [5.41, 5.74) is 0. The SMILES string of the molecule is CNC1CCC(C2CNC3C(NC4CCC(C(=O)N5CCC(O)CC5)C(C)C4)NCCN23)CC1. The third-order valence-corrected chi connectivity index (χ3v) is 9.77. The Morgan fingerprint density at radius 1 is 0.941 bits per heavy atom. The number of piperazine rings is 1. The first-order chi connectivity index (χ1) is 16.5. The molecule has 8 nitrogen and oxygen atoms in total. The van der Waals surface area contributed by atoms with Crippen LogP contribution in [-0.4, -0.2) is 97.1 Å². The monoisotopic (exact) mass is 476 g/mol. The predicted molar refractivity (Wildman–Crippen MR) is 134 cm³/mol. The quantitative estimate of drug-likeness (QED) is 0.398. The lowest BCUT2D eigenvalue weighted by Gasteiger charge is -2.45. The zero-order valence-electron chi connectivity index (χ0n) is 21.3. The van der Waals surface area contributed by atoms with Gasteiger partial charge in [0.15, 0.2) is 0 Å². The van der Waals surface area contributed by atoms with Crippen LogP contribution >= 0.6 is 0 Å². The molecule has 5 fully saturated rings. The van der Waals surface area contributed by atoms with E-state index in [4.69, 9.17) is 0 Å². The van der Waals surface area contributed by atoms with E-state index in [9.17, 15) is 9.90 Å². The maximum absolute atomic E-state index is 13.1. The lowest BCUT2D eigenvalue weighted by atomic mass is 9.77. The summed E-state index contributed by atoms with van der Waals surface area (Å²) in [6, 6.07) is 1.85. The molecule has 0 spiro atoms. The first kappa shape index (κ1) is 24.9. The molecule has 194 valence electrons. The van der Waals surface area contributed by atoms with Gasteiger partial charge in [0.2, 0.25) is 5.91 Å². The molecule has 2 aliphatic carbocycles. The van der Waals surface area contributed by atoms with Gasteiger partial charge in [0.1, 0.15) is 0 Å². The molecule has 5 rings (SSSR count). The molecule has 6 atom stereocenters. The minimum Gasteiger partial charge on any atom is -0.393 e. The van der Waals surface area contributed by atoms with Crippen LogP contribution in [-0.2, 0) is 4.79 Å². The highest BCUT2D eigenvalue weighted by atomic mass is 16.3. The Morgan fingerprint density at radius 3 is 2.38 bits per heavy atom. The van der Waals surface area contributed by atoms with E-state index in [1.54, 1.807) is 0 Å². The fourth-order valence-electron chi connectivity index (χ4n) is 7.63. The summed E-state index contributed by atoms with van der Waals surface area (Å²) >= 11 is 0. The largest absolute Gasteiger partial charge is 0.393 e. The van der Waals surface area contributed by atoms with E-state index in [-0.39, 0.29) is 18.2 Å². The second-order valence-electron chi connectivity index (χ2n) is 11.8. The molecule has 0 aromatic carbocycles. The lowest BCUT2D eigenvalue weighted by molar-refractivity contribution is -0.140. The van der Waals surface area contributed by atoms with E-state index in [1.165, 1.54) is 25.7 Å². The van der Waals surface area contributed by atoms with Crippen LogP contribution in [0, 0.1) is 17.8 Å². The van der Waals surface area contributed by atoms with Gasteiger partial charge in [-0.3, -0.25) is 25.6 Å². The number of carbonyl (C=O) groups excluding carboxylic acids is 1. The average molecular weight is 477 g/mol. The first-order valence-corrected chi connectivity index (χ1v) is 14.2. The van der Waals surface area contributed by atoms with Crippen molar-refractivity contribution in [1.82, 2.24) is 31.1 Å². The number of hydrogen-bond acceptors (Lipinski definition) is 7. The summed E-state index contributed by atoms with van der Waals surface area (Å²) in [5.74, 6) is 1.69. The second-order valence-corrected chi connectivity index (χ2v) is 11.8. The number of carbonyl (C=O) groups is 1. The van der Waals surface area contributed by atoms with E-state index < -0.39 is 0 Å². The average Bonchev–Trinajstić information content (AvgIpc) is 3.29. The van der Waals surface area contributed by atoms with Crippen LogP contribution in [0.3, 0.4) is 0 Å². The zero-order chi connectivity index (χ0) is 23.7. The standard InChI is InChI=1S/C26H48N6O2/c1-17-15-20(7-8-22(17)26(34)31-12-9-21(33)10-13-31)30-24-25-29-16-23(32(25)14-11-28-24)18-3-5-19(27-2)6-4-18/h17-25,27-30,33H,3-16H2,1-2H3. The van der Waals surface area contributed by atoms with Crippen molar-refractivity contribution in [2.75, 3.05) is 39.8 Å². The van der Waals surface area contributed by atoms with Gasteiger partial charge >= 0.3 is 0 Å². The van der Waals surface area contributed by atoms with Crippen LogP contribution in [0.15, 0.2) is 0 Å². The molecule has 0 radical (unpaired) electrons. The summed E-state index contributed by atoms with van der Waals surface area (Å²) in [6.45, 7) is 7.00. The summed E-state index contributed by atoms with van der Waals surface area (Å²) in [5, 5.41) is 24.8. The number of hydrogen-bond donors (Lipinski definition) is 5. The van der Waals surface area contributed by atoms with Crippen LogP contribution in [0.25, 0.3) is 0 Å². The van der Waals surface area contributed by atoms with Gasteiger partial charge in [0.25, 0.3) is 0 Å². The van der Waals surface area contributed by atoms with Gasteiger partial charge in [0, 0.05) is 56.8 Å². The van der Waals surface area contributed by atoms with Crippen molar-refractivity contribution >= 4 is 5.91 Å². The molecule has 3 saturated heterocycles. The Labute approximate surface area is 206 Å². The molecule has 3 aliphatic heterocycles. The maximum atomic E-state index is 13.1. The smallest absolute Gasteiger partial charge is 0.225 e. The van der Waals surface area contributed by atoms with E-state index in [0.717, 1.165) is 70.7 Å². The van der Waals surface area contributed by atoms with Crippen molar-refractivity contribution in [3.8, 4) is 0 Å². The van der Waals surface area contributed by atoms with E-state index in [0.29, 0.717) is 36.1 Å². The van der Waals surface area contributed by atoms with Gasteiger partial charge < -0.3 is 15.3 Å². The highest BCUT2D eigenvalue weighted by molar-refractivity contribution is 5.79. The van der Waals surface area contributed by atoms with Crippen molar-refractivity contribution in [3.63, 3.8) is 0 Å². The molecule has 0 bridgehead atoms. The van der Waals surface area contributed by atoms with Gasteiger partial charge in [-0.1, -0.05) is 6.92 Å². The molecule has 3 heterocycles. The molecular formula is C26H48N6O2. The van der Waals surface area contributed by atoms with Gasteiger partial charge in [0.05, 0.1) is 18.4 Å². The molecule has 5 aliphatic rings. The normalized spacial score (nSPS) is 42.5. The fraction of sp³-hybridized carbons (Fsp3) is 0.962. The summed E-state index contributed by atoms with van der Waals surface area (Å²) in [7, 11) is 2.11. The maximum Gasteiger partial charge on any atom is 0.225 e. The number of piperidine rings is 1. The highest BCUT2D eigenvalue weighted by Gasteiger charge is 2.45. The molecule has 5 N–H and O–H groups in total. The molecule has 34 heavy (non-hydrogen) atoms. The number of aliphatic hydroxyl groups excluding tert-OH is 1. The number of likely N-dealkylation sites (tertiary alicyclic amines) is 1. The minimum absolute atomic E-state index is 0.144. The van der Waals surface area contributed by atoms with E-state index in [2.05, 4.69) is 40.1 Å². The van der Waals surface area contributed by atoms with Crippen LogP contribution in [0.5, 0.6) is 0 Å². The predicted octanol–water partition coefficient (Wildman–Crippen LogP) is 0.672. The number of amides is 1. The van der Waals surface area contributed by atoms with Crippen molar-refractivity contribution in [2.45, 2.75) is 101 Å². The molecule has 0 aromatic heterocycles. The number of nitrogens with zero attached hydrogens (tertiary/aromatic N) is 2. The molecule has 0 aromatic rings. The van der Waals surface area contributed by atoms with Crippen LogP contribution in [0.1, 0.15) is 64.7 Å². The lowest BCUT2D eigenvalue weighted by Crippen LogP contribution is -2.67. The Balaban J connectivity index is 1.12. The first-order valence-electron chi connectivity index (χ1n) is 14.2. The van der Waals surface area contributed by atoms with E-state index >= 15 is 0 Å². The fourth-order valence-corrected chi connectivity index (χ4v) is 7.63. The van der Waals surface area contributed by atoms with Crippen molar-refractivity contribution in [2.24, 2.45) is 17.8 Å². The van der Waals surface area contributed by atoms with E-state index in [1.807, 2.05) is 4.90 Å². The van der Waals surface area contributed by atoms with Crippen molar-refractivity contribution in [1.29, 1.82) is 0 Å². The number of nitrogens with one attached hydrogen (secondary N) is 4. The van der Waals surface area contributed by atoms with Crippen molar-refractivity contribution in [3.05, 3.63) is 0 Å². The minimum atomic E-state index is -0.226. The van der Waals surface area contributed by atoms with Crippen LogP contribution < -0.4 is 21.3 Å². The van der Waals surface area contributed by atoms with Crippen LogP contribution in [0.2, 0.25) is 0 Å². The zero-order valence-corrected chi connectivity index (χ0v) is 21.3. The summed E-state index contributed by atoms with van der Waals surface area (Å²) in [4.78, 5) is 17.9. The summed E-state index contributed by atoms with van der Waals surface area (Å²) < 4.78 is 0. The number of rotatable bonds is 5. The number of fused-ring (bicyclic) bond motifs is 1. The van der Waals surface area contributed by atoms with Gasteiger partial charge in [-0.05, 0) is 76.7 Å². The topological polar surface area (TPSA) is 91.9 Å². The van der Waals surface area contributed by atoms with Crippen molar-refractivity contribution < 1.29 is 9.90 Å². The third kappa shape index (κ3) is 5.32. The van der Waals surface area contributed by atoms with Gasteiger partial charge in [-0.2, -0.15) is 0 Å². The summed E-state index contributed by atoms with van der Waals surface area (Å²) in [6.07, 6.45) is 10.3. The van der Waals surface area contributed by atoms with Gasteiger partial charge in [-0.25, -0.2) is 0 Å². The second kappa shape index (κ2) is 11.1. The number of aliphatic hydroxyl groups is 1. The Hall–Kier alpha value is -0.770. The molecule has 2 saturated carbocycles. The Kier molecular flexibility index (Phi) is 8.13. The van der Waals surface area contributed by atoms with Gasteiger partial charge in [-0.15, -0.1) is 0 Å². The molecule has 8 heteroatoms. The van der Waals surface area contributed by atoms with Crippen LogP contribution in [0.4, 0.5) is 0 Å². The molecule has 6 unspecified atom stereocenters.